The van der Waals surface area contributed by atoms with Gasteiger partial charge in [-0.05, 0) is 39.0 Å². The van der Waals surface area contributed by atoms with E-state index in [9.17, 15) is 0 Å². The lowest BCUT2D eigenvalue weighted by atomic mass is 9.87. The van der Waals surface area contributed by atoms with E-state index in [-0.39, 0.29) is 0 Å². The molecule has 15 heavy (non-hydrogen) atoms. The summed E-state index contributed by atoms with van der Waals surface area (Å²) in [6, 6.07) is 0. The van der Waals surface area contributed by atoms with Crippen molar-refractivity contribution in [1.29, 1.82) is 0 Å². The zero-order valence-electron chi connectivity index (χ0n) is 10.8. The summed E-state index contributed by atoms with van der Waals surface area (Å²) in [6.45, 7) is 8.88. The Morgan fingerprint density at radius 1 is 1.27 bits per heavy atom. The standard InChI is InChI=1S/C13H26O2/c1-9(2)8-12(11(4)14-5)13-7-6-10(3)15-13/h9-13H,6-8H2,1-5H3. The van der Waals surface area contributed by atoms with Crippen molar-refractivity contribution < 1.29 is 9.47 Å². The third kappa shape index (κ3) is 3.76. The molecule has 0 spiro atoms. The molecule has 4 unspecified atom stereocenters. The van der Waals surface area contributed by atoms with Crippen molar-refractivity contribution in [2.75, 3.05) is 7.11 Å². The first-order chi connectivity index (χ1) is 7.04. The molecule has 0 N–H and O–H groups in total. The van der Waals surface area contributed by atoms with Crippen LogP contribution < -0.4 is 0 Å². The van der Waals surface area contributed by atoms with Gasteiger partial charge >= 0.3 is 0 Å². The van der Waals surface area contributed by atoms with E-state index in [2.05, 4.69) is 27.7 Å². The summed E-state index contributed by atoms with van der Waals surface area (Å²) >= 11 is 0. The molecule has 1 heterocycles. The van der Waals surface area contributed by atoms with Crippen molar-refractivity contribution in [3.63, 3.8) is 0 Å². The number of hydrogen-bond acceptors (Lipinski definition) is 2. The Balaban J connectivity index is 2.55. The second-order valence-electron chi connectivity index (χ2n) is 5.30. The molecule has 4 atom stereocenters. The van der Waals surface area contributed by atoms with Crippen molar-refractivity contribution in [2.45, 2.75) is 65.3 Å². The minimum Gasteiger partial charge on any atom is -0.381 e. The predicted octanol–water partition coefficient (Wildman–Crippen LogP) is 3.25. The van der Waals surface area contributed by atoms with Crippen LogP contribution in [0.2, 0.25) is 0 Å². The first-order valence-corrected chi connectivity index (χ1v) is 6.22. The number of ether oxygens (including phenoxy) is 2. The summed E-state index contributed by atoms with van der Waals surface area (Å²) in [5.41, 5.74) is 0. The van der Waals surface area contributed by atoms with E-state index in [1.807, 2.05) is 0 Å². The van der Waals surface area contributed by atoms with Crippen LogP contribution >= 0.6 is 0 Å². The Morgan fingerprint density at radius 2 is 1.93 bits per heavy atom. The van der Waals surface area contributed by atoms with Crippen LogP contribution in [0.25, 0.3) is 0 Å². The van der Waals surface area contributed by atoms with Crippen molar-refractivity contribution in [1.82, 2.24) is 0 Å². The van der Waals surface area contributed by atoms with Crippen LogP contribution in [-0.4, -0.2) is 25.4 Å². The molecule has 1 rings (SSSR count). The topological polar surface area (TPSA) is 18.5 Å². The maximum Gasteiger partial charge on any atom is 0.0632 e. The summed E-state index contributed by atoms with van der Waals surface area (Å²) in [4.78, 5) is 0. The van der Waals surface area contributed by atoms with Gasteiger partial charge in [0.1, 0.15) is 0 Å². The molecule has 1 aliphatic heterocycles. The van der Waals surface area contributed by atoms with Gasteiger partial charge in [0.05, 0.1) is 18.3 Å². The lowest BCUT2D eigenvalue weighted by Gasteiger charge is -2.29. The fourth-order valence-corrected chi connectivity index (χ4v) is 2.51. The highest BCUT2D eigenvalue weighted by atomic mass is 16.5. The molecule has 2 heteroatoms. The molecule has 1 saturated heterocycles. The van der Waals surface area contributed by atoms with Crippen molar-refractivity contribution in [3.8, 4) is 0 Å². The molecule has 0 aromatic heterocycles. The monoisotopic (exact) mass is 214 g/mol. The van der Waals surface area contributed by atoms with Gasteiger partial charge in [-0.2, -0.15) is 0 Å². The maximum atomic E-state index is 5.97. The molecule has 2 nitrogen and oxygen atoms in total. The molecular weight excluding hydrogens is 188 g/mol. The minimum absolute atomic E-state index is 0.308. The molecule has 90 valence electrons. The van der Waals surface area contributed by atoms with Crippen molar-refractivity contribution in [3.05, 3.63) is 0 Å². The Morgan fingerprint density at radius 3 is 2.33 bits per heavy atom. The van der Waals surface area contributed by atoms with Gasteiger partial charge in [0, 0.05) is 13.0 Å². The lowest BCUT2D eigenvalue weighted by molar-refractivity contribution is -0.0443. The summed E-state index contributed by atoms with van der Waals surface area (Å²) in [5.74, 6) is 1.27. The minimum atomic E-state index is 0.308. The molecule has 0 aromatic carbocycles. The Hall–Kier alpha value is -0.0800. The van der Waals surface area contributed by atoms with Gasteiger partial charge in [-0.25, -0.2) is 0 Å². The van der Waals surface area contributed by atoms with Crippen LogP contribution in [0.4, 0.5) is 0 Å². The van der Waals surface area contributed by atoms with Crippen molar-refractivity contribution >= 4 is 0 Å². The van der Waals surface area contributed by atoms with E-state index in [4.69, 9.17) is 9.47 Å². The van der Waals surface area contributed by atoms with Crippen LogP contribution in [0.3, 0.4) is 0 Å². The highest BCUT2D eigenvalue weighted by Gasteiger charge is 2.33. The fraction of sp³-hybridized carbons (Fsp3) is 1.00. The Bertz CT molecular complexity index is 179. The average Bonchev–Trinajstić information content (AvgIpc) is 2.59. The summed E-state index contributed by atoms with van der Waals surface area (Å²) < 4.78 is 11.4. The van der Waals surface area contributed by atoms with Crippen LogP contribution in [0.5, 0.6) is 0 Å². The third-order valence-electron chi connectivity index (χ3n) is 3.46. The largest absolute Gasteiger partial charge is 0.381 e. The summed E-state index contributed by atoms with van der Waals surface area (Å²) in [6.07, 6.45) is 4.77. The SMILES string of the molecule is COC(C)C(CC(C)C)C1CCC(C)O1. The van der Waals surface area contributed by atoms with Crippen LogP contribution in [0, 0.1) is 11.8 Å². The second kappa shape index (κ2) is 5.86. The van der Waals surface area contributed by atoms with E-state index in [0.717, 1.165) is 0 Å². The second-order valence-corrected chi connectivity index (χ2v) is 5.30. The summed E-state index contributed by atoms with van der Waals surface area (Å²) in [7, 11) is 1.80. The van der Waals surface area contributed by atoms with Crippen LogP contribution in [-0.2, 0) is 9.47 Å². The van der Waals surface area contributed by atoms with Crippen LogP contribution in [0.15, 0.2) is 0 Å². The number of methoxy groups -OCH3 is 1. The van der Waals surface area contributed by atoms with E-state index < -0.39 is 0 Å². The van der Waals surface area contributed by atoms with Gasteiger partial charge in [-0.1, -0.05) is 13.8 Å². The fourth-order valence-electron chi connectivity index (χ4n) is 2.51. The van der Waals surface area contributed by atoms with Gasteiger partial charge in [-0.15, -0.1) is 0 Å². The Labute approximate surface area is 94.3 Å². The zero-order valence-corrected chi connectivity index (χ0v) is 10.8. The van der Waals surface area contributed by atoms with Gasteiger partial charge in [0.15, 0.2) is 0 Å². The normalized spacial score (nSPS) is 30.8. The molecule has 0 radical (unpaired) electrons. The highest BCUT2D eigenvalue weighted by molar-refractivity contribution is 4.82. The predicted molar refractivity (Wildman–Crippen MR) is 63.0 cm³/mol. The van der Waals surface area contributed by atoms with Gasteiger partial charge in [0.25, 0.3) is 0 Å². The molecule has 0 amide bonds. The third-order valence-corrected chi connectivity index (χ3v) is 3.46. The highest BCUT2D eigenvalue weighted by Crippen LogP contribution is 2.31. The molecular formula is C13H26O2. The number of rotatable bonds is 5. The molecule has 1 aliphatic rings. The maximum absolute atomic E-state index is 5.97. The summed E-state index contributed by atoms with van der Waals surface area (Å²) in [5, 5.41) is 0. The van der Waals surface area contributed by atoms with E-state index in [0.29, 0.717) is 30.1 Å². The van der Waals surface area contributed by atoms with Crippen molar-refractivity contribution in [2.24, 2.45) is 11.8 Å². The first kappa shape index (κ1) is 13.0. The Kier molecular flexibility index (Phi) is 5.07. The van der Waals surface area contributed by atoms with Crippen LogP contribution in [0.1, 0.15) is 47.0 Å². The lowest BCUT2D eigenvalue weighted by Crippen LogP contribution is -2.32. The molecule has 0 saturated carbocycles. The quantitative estimate of drug-likeness (QED) is 0.699. The zero-order chi connectivity index (χ0) is 11.4. The first-order valence-electron chi connectivity index (χ1n) is 6.22. The van der Waals surface area contributed by atoms with E-state index >= 15 is 0 Å². The average molecular weight is 214 g/mol. The molecule has 0 bridgehead atoms. The van der Waals surface area contributed by atoms with E-state index in [1.54, 1.807) is 7.11 Å². The van der Waals surface area contributed by atoms with Gasteiger partial charge in [0.2, 0.25) is 0 Å². The van der Waals surface area contributed by atoms with E-state index in [1.165, 1.54) is 19.3 Å². The van der Waals surface area contributed by atoms with Gasteiger partial charge < -0.3 is 9.47 Å². The molecule has 0 aliphatic carbocycles. The molecule has 0 aromatic rings. The number of hydrogen-bond donors (Lipinski definition) is 0. The van der Waals surface area contributed by atoms with Gasteiger partial charge in [-0.3, -0.25) is 0 Å². The smallest absolute Gasteiger partial charge is 0.0632 e. The molecule has 1 fully saturated rings.